The Morgan fingerprint density at radius 1 is 1.18 bits per heavy atom. The quantitative estimate of drug-likeness (QED) is 0.743. The van der Waals surface area contributed by atoms with Crippen molar-refractivity contribution in [2.75, 3.05) is 19.8 Å². The summed E-state index contributed by atoms with van der Waals surface area (Å²) in [6.45, 7) is 2.99. The molecular weight excluding hydrogens is 360 g/mol. The van der Waals surface area contributed by atoms with Crippen molar-refractivity contribution in [2.24, 2.45) is 0 Å². The summed E-state index contributed by atoms with van der Waals surface area (Å²) in [4.78, 5) is 18.0. The van der Waals surface area contributed by atoms with Gasteiger partial charge in [-0.3, -0.25) is 4.90 Å². The molecule has 1 saturated heterocycles. The molecular formula is C20H20N4O4. The fourth-order valence-corrected chi connectivity index (χ4v) is 3.86. The van der Waals surface area contributed by atoms with Crippen molar-refractivity contribution in [1.29, 1.82) is 0 Å². The van der Waals surface area contributed by atoms with E-state index in [1.807, 2.05) is 30.5 Å². The van der Waals surface area contributed by atoms with Gasteiger partial charge in [-0.1, -0.05) is 12.1 Å². The number of likely N-dealkylation sites (tertiary alicyclic amines) is 1. The SMILES string of the molecule is O=c1[nH]nc(-c2ccc(CN3CCCC3c3cnc4c(c3)OCCO4)cc2)o1. The van der Waals surface area contributed by atoms with Crippen LogP contribution in [-0.4, -0.2) is 39.8 Å². The molecule has 3 aromatic rings. The zero-order chi connectivity index (χ0) is 18.9. The largest absolute Gasteiger partial charge is 0.484 e. The van der Waals surface area contributed by atoms with Gasteiger partial charge < -0.3 is 13.9 Å². The minimum Gasteiger partial charge on any atom is -0.484 e. The number of benzene rings is 1. The standard InChI is InChI=1S/C20H20N4O4/c25-20-23-22-18(28-20)14-5-3-13(4-6-14)12-24-7-1-2-16(24)15-10-17-19(21-11-15)27-9-8-26-17/h3-6,10-11,16H,1-2,7-9,12H2,(H,23,25). The first-order chi connectivity index (χ1) is 13.8. The fraction of sp³-hybridized carbons (Fsp3) is 0.350. The van der Waals surface area contributed by atoms with Crippen molar-refractivity contribution in [3.05, 3.63) is 58.2 Å². The number of H-pyrrole nitrogens is 1. The highest BCUT2D eigenvalue weighted by Crippen LogP contribution is 2.37. The first-order valence-corrected chi connectivity index (χ1v) is 9.41. The highest BCUT2D eigenvalue weighted by molar-refractivity contribution is 5.52. The molecule has 4 heterocycles. The van der Waals surface area contributed by atoms with E-state index in [0.717, 1.165) is 42.8 Å². The number of pyridine rings is 1. The Kier molecular flexibility index (Phi) is 4.32. The Balaban J connectivity index is 1.32. The van der Waals surface area contributed by atoms with Gasteiger partial charge in [0.25, 0.3) is 5.88 Å². The van der Waals surface area contributed by atoms with E-state index < -0.39 is 5.76 Å². The Hall–Kier alpha value is -3.13. The molecule has 0 spiro atoms. The van der Waals surface area contributed by atoms with Crippen LogP contribution in [0.5, 0.6) is 11.6 Å². The highest BCUT2D eigenvalue weighted by atomic mass is 16.6. The van der Waals surface area contributed by atoms with Gasteiger partial charge in [-0.25, -0.2) is 14.9 Å². The summed E-state index contributed by atoms with van der Waals surface area (Å²) in [5.74, 6) is 1.07. The number of fused-ring (bicyclic) bond motifs is 1. The van der Waals surface area contributed by atoms with E-state index in [4.69, 9.17) is 13.9 Å². The minimum atomic E-state index is -0.549. The first kappa shape index (κ1) is 17.0. The molecule has 1 atom stereocenters. The van der Waals surface area contributed by atoms with Crippen LogP contribution < -0.4 is 15.2 Å². The maximum atomic E-state index is 11.1. The molecule has 0 saturated carbocycles. The molecule has 8 heteroatoms. The molecule has 0 bridgehead atoms. The molecule has 2 aliphatic rings. The molecule has 0 aliphatic carbocycles. The summed E-state index contributed by atoms with van der Waals surface area (Å²) in [7, 11) is 0. The minimum absolute atomic E-state index is 0.304. The summed E-state index contributed by atoms with van der Waals surface area (Å²) in [5, 5.41) is 6.14. The van der Waals surface area contributed by atoms with Crippen LogP contribution in [0.25, 0.3) is 11.5 Å². The lowest BCUT2D eigenvalue weighted by molar-refractivity contribution is 0.163. The predicted octanol–water partition coefficient (Wildman–Crippen LogP) is 2.53. The maximum absolute atomic E-state index is 11.1. The monoisotopic (exact) mass is 380 g/mol. The average molecular weight is 380 g/mol. The fourth-order valence-electron chi connectivity index (χ4n) is 3.86. The molecule has 1 fully saturated rings. The Bertz CT molecular complexity index is 1030. The molecule has 1 aromatic carbocycles. The van der Waals surface area contributed by atoms with Gasteiger partial charge in [0.05, 0.1) is 0 Å². The molecule has 8 nitrogen and oxygen atoms in total. The van der Waals surface area contributed by atoms with Crippen molar-refractivity contribution in [3.8, 4) is 23.1 Å². The second-order valence-electron chi connectivity index (χ2n) is 7.01. The third kappa shape index (κ3) is 3.27. The normalized spacial score (nSPS) is 19.1. The Morgan fingerprint density at radius 2 is 2.04 bits per heavy atom. The molecule has 28 heavy (non-hydrogen) atoms. The van der Waals surface area contributed by atoms with E-state index in [1.165, 1.54) is 5.56 Å². The van der Waals surface area contributed by atoms with E-state index in [9.17, 15) is 4.79 Å². The number of nitrogens with zero attached hydrogens (tertiary/aromatic N) is 3. The molecule has 1 N–H and O–H groups in total. The number of aromatic nitrogens is 3. The molecule has 144 valence electrons. The van der Waals surface area contributed by atoms with Crippen LogP contribution in [0.3, 0.4) is 0 Å². The third-order valence-corrected chi connectivity index (χ3v) is 5.19. The van der Waals surface area contributed by atoms with E-state index >= 15 is 0 Å². The Morgan fingerprint density at radius 3 is 2.86 bits per heavy atom. The van der Waals surface area contributed by atoms with Crippen molar-refractivity contribution in [2.45, 2.75) is 25.4 Å². The maximum Gasteiger partial charge on any atom is 0.434 e. The van der Waals surface area contributed by atoms with Crippen LogP contribution >= 0.6 is 0 Å². The van der Waals surface area contributed by atoms with E-state index in [0.29, 0.717) is 31.0 Å². The molecule has 0 amide bonds. The summed E-state index contributed by atoms with van der Waals surface area (Å²) in [6, 6.07) is 10.3. The molecule has 2 aliphatic heterocycles. The third-order valence-electron chi connectivity index (χ3n) is 5.19. The van der Waals surface area contributed by atoms with Crippen LogP contribution in [0.2, 0.25) is 0 Å². The van der Waals surface area contributed by atoms with Crippen LogP contribution in [0, 0.1) is 0 Å². The van der Waals surface area contributed by atoms with Gasteiger partial charge in [-0.2, -0.15) is 0 Å². The van der Waals surface area contributed by atoms with Gasteiger partial charge in [0, 0.05) is 24.3 Å². The van der Waals surface area contributed by atoms with Crippen molar-refractivity contribution in [1.82, 2.24) is 20.1 Å². The first-order valence-electron chi connectivity index (χ1n) is 9.41. The summed E-state index contributed by atoms with van der Waals surface area (Å²) in [6.07, 6.45) is 4.15. The van der Waals surface area contributed by atoms with Gasteiger partial charge in [-0.05, 0) is 48.7 Å². The lowest BCUT2D eigenvalue weighted by atomic mass is 10.1. The second kappa shape index (κ2) is 7.12. The number of hydrogen-bond acceptors (Lipinski definition) is 7. The van der Waals surface area contributed by atoms with E-state index in [1.54, 1.807) is 0 Å². The van der Waals surface area contributed by atoms with E-state index in [-0.39, 0.29) is 0 Å². The molecule has 2 aromatic heterocycles. The summed E-state index contributed by atoms with van der Waals surface area (Å²) >= 11 is 0. The number of hydrogen-bond donors (Lipinski definition) is 1. The topological polar surface area (TPSA) is 93.5 Å². The smallest absolute Gasteiger partial charge is 0.434 e. The second-order valence-corrected chi connectivity index (χ2v) is 7.01. The number of ether oxygens (including phenoxy) is 2. The van der Waals surface area contributed by atoms with Crippen LogP contribution in [0.1, 0.15) is 30.0 Å². The molecule has 1 unspecified atom stereocenters. The zero-order valence-electron chi connectivity index (χ0n) is 15.3. The highest BCUT2D eigenvalue weighted by Gasteiger charge is 2.28. The molecule has 5 rings (SSSR count). The number of nitrogens with one attached hydrogen (secondary N) is 1. The lowest BCUT2D eigenvalue weighted by Crippen LogP contribution is -2.23. The number of rotatable bonds is 4. The van der Waals surface area contributed by atoms with Gasteiger partial charge in [0.2, 0.25) is 5.89 Å². The van der Waals surface area contributed by atoms with Crippen molar-refractivity contribution >= 4 is 0 Å². The van der Waals surface area contributed by atoms with Gasteiger partial charge in [0.1, 0.15) is 13.2 Å². The van der Waals surface area contributed by atoms with Crippen LogP contribution in [0.15, 0.2) is 45.7 Å². The van der Waals surface area contributed by atoms with Crippen molar-refractivity contribution < 1.29 is 13.9 Å². The summed E-state index contributed by atoms with van der Waals surface area (Å²) < 4.78 is 16.2. The van der Waals surface area contributed by atoms with Gasteiger partial charge in [0.15, 0.2) is 5.75 Å². The van der Waals surface area contributed by atoms with E-state index in [2.05, 4.69) is 26.1 Å². The summed E-state index contributed by atoms with van der Waals surface area (Å²) in [5.41, 5.74) is 3.13. The average Bonchev–Trinajstić information content (AvgIpc) is 3.37. The van der Waals surface area contributed by atoms with Gasteiger partial charge in [-0.15, -0.1) is 5.10 Å². The zero-order valence-corrected chi connectivity index (χ0v) is 15.3. The molecule has 0 radical (unpaired) electrons. The number of aromatic amines is 1. The predicted molar refractivity (Wildman–Crippen MR) is 100 cm³/mol. The van der Waals surface area contributed by atoms with Crippen molar-refractivity contribution in [3.63, 3.8) is 0 Å². The Labute approximate surface area is 161 Å². The van der Waals surface area contributed by atoms with Crippen LogP contribution in [-0.2, 0) is 6.54 Å². The van der Waals surface area contributed by atoms with Gasteiger partial charge >= 0.3 is 5.76 Å². The van der Waals surface area contributed by atoms with Crippen LogP contribution in [0.4, 0.5) is 0 Å². The lowest BCUT2D eigenvalue weighted by Gasteiger charge is -2.26.